The molecule has 0 aliphatic rings. The van der Waals surface area contributed by atoms with E-state index in [2.05, 4.69) is 27.8 Å². The summed E-state index contributed by atoms with van der Waals surface area (Å²) in [6, 6.07) is 7.98. The Hall–Kier alpha value is -0.490. The van der Waals surface area contributed by atoms with Crippen LogP contribution in [0.4, 0.5) is 0 Å². The summed E-state index contributed by atoms with van der Waals surface area (Å²) in [5.74, 6) is 0.830. The van der Waals surface area contributed by atoms with Gasteiger partial charge < -0.3 is 10.6 Å². The summed E-state index contributed by atoms with van der Waals surface area (Å²) in [4.78, 5) is 4.04. The zero-order valence-electron chi connectivity index (χ0n) is 10.2. The van der Waals surface area contributed by atoms with Crippen molar-refractivity contribution in [3.63, 3.8) is 0 Å². The maximum atomic E-state index is 5.82. The number of guanidine groups is 1. The zero-order valence-corrected chi connectivity index (χ0v) is 13.3. The van der Waals surface area contributed by atoms with Crippen LogP contribution >= 0.6 is 35.6 Å². The fraction of sp³-hybridized carbons (Fsp3) is 0.417. The quantitative estimate of drug-likeness (QED) is 0.371. The first-order chi connectivity index (χ1) is 7.76. The number of hydrogen-bond donors (Lipinski definition) is 2. The molecule has 1 aromatic rings. The van der Waals surface area contributed by atoms with Crippen molar-refractivity contribution < 1.29 is 0 Å². The molecule has 1 rings (SSSR count). The Morgan fingerprint density at radius 3 is 2.47 bits per heavy atom. The number of aliphatic imine (C=N–C) groups is 1. The van der Waals surface area contributed by atoms with Gasteiger partial charge in [-0.1, -0.05) is 23.7 Å². The minimum atomic E-state index is 0. The highest BCUT2D eigenvalue weighted by Crippen LogP contribution is 2.10. The van der Waals surface area contributed by atoms with Crippen molar-refractivity contribution >= 4 is 41.5 Å². The maximum absolute atomic E-state index is 5.82. The molecule has 3 nitrogen and oxygen atoms in total. The van der Waals surface area contributed by atoms with E-state index in [4.69, 9.17) is 11.6 Å². The van der Waals surface area contributed by atoms with Crippen LogP contribution in [-0.2, 0) is 6.42 Å². The Bertz CT molecular complexity index is 338. The Morgan fingerprint density at radius 2 is 1.94 bits per heavy atom. The molecule has 0 amide bonds. The molecule has 0 radical (unpaired) electrons. The van der Waals surface area contributed by atoms with E-state index in [1.807, 2.05) is 19.2 Å². The van der Waals surface area contributed by atoms with Gasteiger partial charge in [0.25, 0.3) is 0 Å². The Labute approximate surface area is 125 Å². The second-order valence-corrected chi connectivity index (χ2v) is 3.92. The van der Waals surface area contributed by atoms with Crippen molar-refractivity contribution in [2.45, 2.75) is 12.8 Å². The summed E-state index contributed by atoms with van der Waals surface area (Å²) >= 11 is 5.82. The van der Waals surface area contributed by atoms with Gasteiger partial charge in [0.15, 0.2) is 5.96 Å². The smallest absolute Gasteiger partial charge is 0.190 e. The topological polar surface area (TPSA) is 36.4 Å². The summed E-state index contributed by atoms with van der Waals surface area (Å²) in [5.41, 5.74) is 1.31. The van der Waals surface area contributed by atoms with Crippen molar-refractivity contribution in [2.75, 3.05) is 20.6 Å². The average Bonchev–Trinajstić information content (AvgIpc) is 2.32. The lowest BCUT2D eigenvalue weighted by Gasteiger charge is -2.08. The van der Waals surface area contributed by atoms with Crippen LogP contribution in [0.3, 0.4) is 0 Å². The van der Waals surface area contributed by atoms with E-state index in [-0.39, 0.29) is 24.0 Å². The SMILES string of the molecule is CN=C(NC)NCCCc1ccc(Cl)cc1.I. The molecule has 96 valence electrons. The van der Waals surface area contributed by atoms with E-state index in [9.17, 15) is 0 Å². The molecule has 0 aliphatic carbocycles. The van der Waals surface area contributed by atoms with Crippen LogP contribution in [0.5, 0.6) is 0 Å². The van der Waals surface area contributed by atoms with Crippen LogP contribution in [0.2, 0.25) is 5.02 Å². The van der Waals surface area contributed by atoms with Crippen LogP contribution in [0.15, 0.2) is 29.3 Å². The summed E-state index contributed by atoms with van der Waals surface area (Å²) in [7, 11) is 3.62. The highest BCUT2D eigenvalue weighted by Gasteiger charge is 1.95. The van der Waals surface area contributed by atoms with Crippen LogP contribution in [0.25, 0.3) is 0 Å². The van der Waals surface area contributed by atoms with Crippen LogP contribution < -0.4 is 10.6 Å². The number of rotatable bonds is 4. The lowest BCUT2D eigenvalue weighted by Crippen LogP contribution is -2.35. The second-order valence-electron chi connectivity index (χ2n) is 3.48. The summed E-state index contributed by atoms with van der Waals surface area (Å²) in [6.45, 7) is 0.913. The second kappa shape index (κ2) is 9.53. The Kier molecular flexibility index (Phi) is 9.26. The van der Waals surface area contributed by atoms with Gasteiger partial charge in [-0.25, -0.2) is 0 Å². The van der Waals surface area contributed by atoms with Crippen LogP contribution in [0, 0.1) is 0 Å². The fourth-order valence-electron chi connectivity index (χ4n) is 1.43. The third-order valence-corrected chi connectivity index (χ3v) is 2.56. The molecule has 0 spiro atoms. The van der Waals surface area contributed by atoms with Crippen LogP contribution in [-0.4, -0.2) is 26.6 Å². The van der Waals surface area contributed by atoms with Crippen molar-refractivity contribution in [1.29, 1.82) is 0 Å². The normalized spacial score (nSPS) is 10.6. The molecule has 0 bridgehead atoms. The molecular formula is C12H19ClIN3. The molecule has 0 saturated carbocycles. The Morgan fingerprint density at radius 1 is 1.29 bits per heavy atom. The monoisotopic (exact) mass is 367 g/mol. The summed E-state index contributed by atoms with van der Waals surface area (Å²) < 4.78 is 0. The third kappa shape index (κ3) is 6.73. The summed E-state index contributed by atoms with van der Waals surface area (Å²) in [5, 5.41) is 6.98. The number of benzene rings is 1. The van der Waals surface area contributed by atoms with Crippen LogP contribution in [0.1, 0.15) is 12.0 Å². The molecule has 2 N–H and O–H groups in total. The zero-order chi connectivity index (χ0) is 11.8. The first-order valence-corrected chi connectivity index (χ1v) is 5.77. The number of halogens is 2. The van der Waals surface area contributed by atoms with Crippen molar-refractivity contribution in [1.82, 2.24) is 10.6 Å². The molecule has 17 heavy (non-hydrogen) atoms. The minimum Gasteiger partial charge on any atom is -0.359 e. The third-order valence-electron chi connectivity index (χ3n) is 2.31. The van der Waals surface area contributed by atoms with Gasteiger partial charge in [-0.3, -0.25) is 4.99 Å². The largest absolute Gasteiger partial charge is 0.359 e. The molecular weight excluding hydrogens is 349 g/mol. The van der Waals surface area contributed by atoms with Crippen molar-refractivity contribution in [2.24, 2.45) is 4.99 Å². The van der Waals surface area contributed by atoms with Gasteiger partial charge in [0.2, 0.25) is 0 Å². The number of hydrogen-bond acceptors (Lipinski definition) is 1. The molecule has 1 aromatic carbocycles. The van der Waals surface area contributed by atoms with E-state index in [1.54, 1.807) is 7.05 Å². The molecule has 0 heterocycles. The van der Waals surface area contributed by atoms with E-state index in [0.717, 1.165) is 30.4 Å². The lowest BCUT2D eigenvalue weighted by atomic mass is 10.1. The minimum absolute atomic E-state index is 0. The van der Waals surface area contributed by atoms with Gasteiger partial charge in [0, 0.05) is 25.7 Å². The maximum Gasteiger partial charge on any atom is 0.190 e. The number of nitrogens with zero attached hydrogens (tertiary/aromatic N) is 1. The van der Waals surface area contributed by atoms with Gasteiger partial charge in [0.1, 0.15) is 0 Å². The van der Waals surface area contributed by atoms with Gasteiger partial charge in [-0.15, -0.1) is 24.0 Å². The van der Waals surface area contributed by atoms with E-state index < -0.39 is 0 Å². The predicted octanol–water partition coefficient (Wildman–Crippen LogP) is 2.69. The molecule has 0 atom stereocenters. The molecule has 0 fully saturated rings. The summed E-state index contributed by atoms with van der Waals surface area (Å²) in [6.07, 6.45) is 2.12. The lowest BCUT2D eigenvalue weighted by molar-refractivity contribution is 0.758. The van der Waals surface area contributed by atoms with Gasteiger partial charge in [-0.05, 0) is 30.5 Å². The molecule has 0 aromatic heterocycles. The first kappa shape index (κ1) is 16.5. The first-order valence-electron chi connectivity index (χ1n) is 5.39. The highest BCUT2D eigenvalue weighted by molar-refractivity contribution is 14.0. The van der Waals surface area contributed by atoms with Gasteiger partial charge in [0.05, 0.1) is 0 Å². The van der Waals surface area contributed by atoms with E-state index >= 15 is 0 Å². The molecule has 5 heteroatoms. The highest BCUT2D eigenvalue weighted by atomic mass is 127. The standard InChI is InChI=1S/C12H18ClN3.HI/c1-14-12(15-2)16-9-3-4-10-5-7-11(13)8-6-10;/h5-8H,3-4,9H2,1-2H3,(H2,14,15,16);1H. The Balaban J connectivity index is 0.00000256. The van der Waals surface area contributed by atoms with E-state index in [0.29, 0.717) is 0 Å². The van der Waals surface area contributed by atoms with Gasteiger partial charge in [-0.2, -0.15) is 0 Å². The average molecular weight is 368 g/mol. The molecule has 0 aliphatic heterocycles. The molecule has 0 unspecified atom stereocenters. The predicted molar refractivity (Wildman–Crippen MR) is 85.6 cm³/mol. The number of aryl methyl sites for hydroxylation is 1. The fourth-order valence-corrected chi connectivity index (χ4v) is 1.56. The van der Waals surface area contributed by atoms with E-state index in [1.165, 1.54) is 5.56 Å². The number of nitrogens with one attached hydrogen (secondary N) is 2. The molecule has 0 saturated heterocycles. The van der Waals surface area contributed by atoms with Crippen molar-refractivity contribution in [3.05, 3.63) is 34.9 Å². The van der Waals surface area contributed by atoms with Gasteiger partial charge >= 0.3 is 0 Å². The van der Waals surface area contributed by atoms with Crippen molar-refractivity contribution in [3.8, 4) is 0 Å².